The smallest absolute Gasteiger partial charge is 0.307 e. The van der Waals surface area contributed by atoms with Crippen LogP contribution in [0.4, 0.5) is 132 Å². The molecule has 12 aromatic rings. The number of rotatable bonds is 7. The quantitative estimate of drug-likeness (QED) is 0.141. The first-order valence-electron chi connectivity index (χ1n) is 28.6. The molecule has 32 heteroatoms. The molecule has 0 atom stereocenters. The van der Waals surface area contributed by atoms with Crippen LogP contribution in [0.2, 0.25) is 0 Å². The van der Waals surface area contributed by atoms with Crippen LogP contribution in [0.5, 0.6) is 0 Å². The van der Waals surface area contributed by atoms with Crippen molar-refractivity contribution >= 4 is 43.6 Å². The number of benzene rings is 10. The maximum absolute atomic E-state index is 16.4. The Morgan fingerprint density at radius 3 is 0.627 bits per heavy atom. The van der Waals surface area contributed by atoms with Gasteiger partial charge >= 0.3 is 61.8 Å². The Hall–Kier alpha value is -10.3. The number of hydrogen-bond acceptors (Lipinski definition) is 0. The molecule has 0 aliphatic carbocycles. The Kier molecular flexibility index (Phi) is 16.6. The van der Waals surface area contributed by atoms with Gasteiger partial charge in [0.1, 0.15) is 0 Å². The fourth-order valence-electron chi connectivity index (χ4n) is 12.0. The molecule has 10 aromatic carbocycles. The molecule has 0 saturated carbocycles. The molecule has 0 aliphatic heterocycles. The Balaban J connectivity index is 1.32. The van der Waals surface area contributed by atoms with Crippen molar-refractivity contribution in [3.8, 4) is 67.0 Å². The minimum atomic E-state index is -5.87. The Bertz CT molecular complexity index is 4970. The van der Waals surface area contributed by atoms with E-state index in [-0.39, 0.29) is 106 Å². The lowest BCUT2D eigenvalue weighted by molar-refractivity contribution is -0.144. The Morgan fingerprint density at radius 2 is 0.402 bits per heavy atom. The fourth-order valence-corrected chi connectivity index (χ4v) is 12.0. The van der Waals surface area contributed by atoms with E-state index in [0.717, 1.165) is 77.4 Å². The molecule has 0 radical (unpaired) electrons. The lowest BCUT2D eigenvalue weighted by atomic mass is 9.95. The van der Waals surface area contributed by atoms with Crippen molar-refractivity contribution < 1.29 is 132 Å². The molecular formula is C70H30F30N2. The lowest BCUT2D eigenvalue weighted by Gasteiger charge is -2.23. The van der Waals surface area contributed by atoms with Crippen LogP contribution >= 0.6 is 0 Å². The molecule has 0 bridgehead atoms. The van der Waals surface area contributed by atoms with Gasteiger partial charge in [0, 0.05) is 21.5 Å². The number of aromatic nitrogens is 2. The van der Waals surface area contributed by atoms with Gasteiger partial charge in [-0.25, -0.2) is 0 Å². The molecule has 0 unspecified atom stereocenters. The summed E-state index contributed by atoms with van der Waals surface area (Å²) in [5, 5.41) is -1.36. The normalized spacial score (nSPS) is 13.6. The van der Waals surface area contributed by atoms with Crippen LogP contribution < -0.4 is 0 Å². The van der Waals surface area contributed by atoms with E-state index in [1.54, 1.807) is 0 Å². The van der Waals surface area contributed by atoms with Crippen molar-refractivity contribution in [3.63, 3.8) is 0 Å². The van der Waals surface area contributed by atoms with E-state index in [2.05, 4.69) is 0 Å². The third-order valence-electron chi connectivity index (χ3n) is 16.6. The van der Waals surface area contributed by atoms with Gasteiger partial charge in [-0.1, -0.05) is 60.7 Å². The Labute approximate surface area is 549 Å². The highest BCUT2D eigenvalue weighted by Crippen LogP contribution is 2.51. The van der Waals surface area contributed by atoms with Crippen molar-refractivity contribution in [2.45, 2.75) is 61.8 Å². The maximum atomic E-state index is 16.4. The van der Waals surface area contributed by atoms with Gasteiger partial charge in [-0.15, -0.1) is 0 Å². The van der Waals surface area contributed by atoms with E-state index in [0.29, 0.717) is 28.8 Å². The summed E-state index contributed by atoms with van der Waals surface area (Å²) in [6.45, 7) is 0. The van der Waals surface area contributed by atoms with Crippen LogP contribution in [-0.2, 0) is 61.8 Å². The molecule has 2 nitrogen and oxygen atoms in total. The Morgan fingerprint density at radius 1 is 0.176 bits per heavy atom. The summed E-state index contributed by atoms with van der Waals surface area (Å²) in [6, 6.07) is 12.9. The van der Waals surface area contributed by atoms with Gasteiger partial charge in [-0.05, 0) is 177 Å². The van der Waals surface area contributed by atoms with Gasteiger partial charge in [-0.2, -0.15) is 132 Å². The molecule has 102 heavy (non-hydrogen) atoms. The van der Waals surface area contributed by atoms with Gasteiger partial charge in [-0.3, -0.25) is 0 Å². The molecule has 0 N–H and O–H groups in total. The van der Waals surface area contributed by atoms with Gasteiger partial charge in [0.15, 0.2) is 0 Å². The van der Waals surface area contributed by atoms with Gasteiger partial charge in [0.2, 0.25) is 0 Å². The standard InChI is InChI=1S/C70H30F30N2/c71-61(72,73)40-3-1-2-35(12-40)53-29-59(101-55-21-31(36-13-41(62(74,75)76)25-42(14-36)63(77,78)79)4-8-49(55)50-9-5-32(22-56(50)101)37-15-43(64(80,81)82)26-44(16-37)65(83,84)85)60(30-54(53)70(98,99)100)102-57-23-33(38-17-45(66(86,87)88)27-46(18-38)67(89,90)91)6-10-51(57)52-11-7-34(24-58(52)102)39-19-47(68(92,93)94)28-48(20-39)69(95,96)97/h1-30H. The van der Waals surface area contributed by atoms with Crippen LogP contribution in [0, 0.1) is 0 Å². The largest absolute Gasteiger partial charge is 0.417 e. The van der Waals surface area contributed by atoms with E-state index in [1.165, 1.54) is 0 Å². The average molecular weight is 1470 g/mol. The van der Waals surface area contributed by atoms with E-state index >= 15 is 13.2 Å². The van der Waals surface area contributed by atoms with Crippen molar-refractivity contribution in [3.05, 3.63) is 238 Å². The lowest BCUT2D eigenvalue weighted by Crippen LogP contribution is -2.13. The predicted octanol–water partition coefficient (Wildman–Crippen LogP) is 26.4. The summed E-state index contributed by atoms with van der Waals surface area (Å²) < 4.78 is 444. The first-order valence-corrected chi connectivity index (χ1v) is 28.6. The van der Waals surface area contributed by atoms with E-state index in [1.807, 2.05) is 0 Å². The monoisotopic (exact) mass is 1470 g/mol. The van der Waals surface area contributed by atoms with Crippen LogP contribution in [0.25, 0.3) is 111 Å². The van der Waals surface area contributed by atoms with Crippen molar-refractivity contribution in [2.75, 3.05) is 0 Å². The summed E-state index contributed by atoms with van der Waals surface area (Å²) in [5.74, 6) is 0. The number of fused-ring (bicyclic) bond motifs is 6. The molecule has 12 rings (SSSR count). The SMILES string of the molecule is FC(F)(F)c1cccc(-c2cc(-n3c4cc(-c5cc(C(F)(F)F)cc(C(F)(F)F)c5)ccc4c4ccc(-c5cc(C(F)(F)F)cc(C(F)(F)F)c5)cc43)c(-n3c4cc(-c5cc(C(F)(F)F)cc(C(F)(F)F)c5)ccc4c4ccc(-c5cc(C(F)(F)F)cc(C(F)(F)F)c5)cc43)cc2C(F)(F)F)c1. The highest BCUT2D eigenvalue weighted by Gasteiger charge is 2.43. The highest BCUT2D eigenvalue weighted by atomic mass is 19.4. The fraction of sp³-hybridized carbons (Fsp3) is 0.143. The van der Waals surface area contributed by atoms with Crippen molar-refractivity contribution in [1.29, 1.82) is 0 Å². The average Bonchev–Trinajstić information content (AvgIpc) is 1.54. The zero-order chi connectivity index (χ0) is 74.7. The highest BCUT2D eigenvalue weighted by molar-refractivity contribution is 6.14. The van der Waals surface area contributed by atoms with Gasteiger partial charge in [0.25, 0.3) is 0 Å². The summed E-state index contributed by atoms with van der Waals surface area (Å²) in [5.41, 5.74) is -32.9. The second kappa shape index (κ2) is 23.6. The van der Waals surface area contributed by atoms with Crippen LogP contribution in [-0.4, -0.2) is 9.13 Å². The summed E-state index contributed by atoms with van der Waals surface area (Å²) in [6.07, 6.45) is -55.8. The zero-order valence-corrected chi connectivity index (χ0v) is 49.6. The number of nitrogens with zero attached hydrogens (tertiary/aromatic N) is 2. The summed E-state index contributed by atoms with van der Waals surface area (Å²) in [4.78, 5) is 0. The predicted molar refractivity (Wildman–Crippen MR) is 312 cm³/mol. The summed E-state index contributed by atoms with van der Waals surface area (Å²) >= 11 is 0. The van der Waals surface area contributed by atoms with Crippen LogP contribution in [0.1, 0.15) is 55.6 Å². The van der Waals surface area contributed by atoms with Crippen molar-refractivity contribution in [1.82, 2.24) is 9.13 Å². The molecule has 0 saturated heterocycles. The van der Waals surface area contributed by atoms with Crippen molar-refractivity contribution in [2.24, 2.45) is 0 Å². The first kappa shape index (κ1) is 71.5. The minimum absolute atomic E-state index is 0.122. The van der Waals surface area contributed by atoms with Crippen LogP contribution in [0.3, 0.4) is 0 Å². The number of hydrogen-bond donors (Lipinski definition) is 0. The topological polar surface area (TPSA) is 9.86 Å². The molecular weight excluding hydrogens is 1440 g/mol. The maximum Gasteiger partial charge on any atom is 0.417 e. The van der Waals surface area contributed by atoms with Gasteiger partial charge < -0.3 is 9.13 Å². The van der Waals surface area contributed by atoms with E-state index in [4.69, 9.17) is 0 Å². The second-order valence-electron chi connectivity index (χ2n) is 23.2. The molecule has 2 aromatic heterocycles. The summed E-state index contributed by atoms with van der Waals surface area (Å²) in [7, 11) is 0. The van der Waals surface area contributed by atoms with E-state index < -0.39 is 206 Å². The number of alkyl halides is 30. The molecule has 0 fully saturated rings. The third kappa shape index (κ3) is 13.6. The zero-order valence-electron chi connectivity index (χ0n) is 49.6. The molecule has 0 aliphatic rings. The molecule has 0 amide bonds. The second-order valence-corrected chi connectivity index (χ2v) is 23.2. The van der Waals surface area contributed by atoms with Gasteiger partial charge in [0.05, 0.1) is 89.1 Å². The first-order chi connectivity index (χ1) is 46.8. The minimum Gasteiger partial charge on any atom is -0.307 e. The van der Waals surface area contributed by atoms with Crippen LogP contribution in [0.15, 0.2) is 182 Å². The molecule has 530 valence electrons. The van der Waals surface area contributed by atoms with E-state index in [9.17, 15) is 119 Å². The number of halogens is 30. The molecule has 0 spiro atoms. The third-order valence-corrected chi connectivity index (χ3v) is 16.6. The molecule has 2 heterocycles.